The molecule has 0 saturated carbocycles. The number of piperidine rings is 1. The van der Waals surface area contributed by atoms with E-state index in [1.807, 2.05) is 0 Å². The van der Waals surface area contributed by atoms with E-state index in [1.165, 1.54) is 0 Å². The Bertz CT molecular complexity index is 219. The Balaban J connectivity index is 2.28. The molecule has 1 heterocycles. The summed E-state index contributed by atoms with van der Waals surface area (Å²) in [6.45, 7) is 3.48. The first-order valence-electron chi connectivity index (χ1n) is 5.74. The molecule has 1 aliphatic heterocycles. The molecular formula is C11H22N2O3. The highest BCUT2D eigenvalue weighted by molar-refractivity contribution is 5.81. The average Bonchev–Trinajstić information content (AvgIpc) is 2.30. The molecule has 0 aromatic carbocycles. The van der Waals surface area contributed by atoms with Crippen LogP contribution in [0, 0.1) is 5.92 Å². The summed E-state index contributed by atoms with van der Waals surface area (Å²) in [7, 11) is 3.11. The Morgan fingerprint density at radius 2 is 2.19 bits per heavy atom. The third-order valence-corrected chi connectivity index (χ3v) is 2.95. The monoisotopic (exact) mass is 230 g/mol. The normalized spacial score (nSPS) is 25.8. The van der Waals surface area contributed by atoms with Crippen LogP contribution in [-0.2, 0) is 14.3 Å². The Morgan fingerprint density at radius 3 is 2.75 bits per heavy atom. The Morgan fingerprint density at radius 1 is 1.50 bits per heavy atom. The van der Waals surface area contributed by atoms with Crippen LogP contribution in [0.1, 0.15) is 19.8 Å². The number of ether oxygens (including phenoxy) is 2. The maximum absolute atomic E-state index is 11.8. The highest BCUT2D eigenvalue weighted by Crippen LogP contribution is 2.14. The van der Waals surface area contributed by atoms with Gasteiger partial charge in [-0.1, -0.05) is 6.92 Å². The van der Waals surface area contributed by atoms with Gasteiger partial charge in [-0.05, 0) is 25.3 Å². The fraction of sp³-hybridized carbons (Fsp3) is 0.909. The Labute approximate surface area is 96.9 Å². The lowest BCUT2D eigenvalue weighted by Gasteiger charge is -2.27. The molecule has 1 rings (SSSR count). The summed E-state index contributed by atoms with van der Waals surface area (Å²) >= 11 is 0. The number of hydrogen-bond acceptors (Lipinski definition) is 4. The van der Waals surface area contributed by atoms with Crippen LogP contribution in [0.15, 0.2) is 0 Å². The molecule has 0 aromatic rings. The second-order valence-corrected chi connectivity index (χ2v) is 4.28. The highest BCUT2D eigenvalue weighted by Gasteiger charge is 2.24. The number of rotatable bonds is 5. The van der Waals surface area contributed by atoms with Crippen molar-refractivity contribution in [2.24, 2.45) is 5.92 Å². The molecule has 1 aliphatic rings. The molecule has 2 N–H and O–H groups in total. The van der Waals surface area contributed by atoms with Crippen molar-refractivity contribution in [3.63, 3.8) is 0 Å². The number of carbonyl (C=O) groups is 1. The van der Waals surface area contributed by atoms with Gasteiger partial charge in [-0.25, -0.2) is 0 Å². The van der Waals surface area contributed by atoms with Crippen LogP contribution in [0.4, 0.5) is 0 Å². The minimum absolute atomic E-state index is 0.0330. The van der Waals surface area contributed by atoms with E-state index in [1.54, 1.807) is 14.2 Å². The quantitative estimate of drug-likeness (QED) is 0.658. The molecule has 0 bridgehead atoms. The maximum Gasteiger partial charge on any atom is 0.237 e. The minimum Gasteiger partial charge on any atom is -0.354 e. The third-order valence-electron chi connectivity index (χ3n) is 2.95. The van der Waals surface area contributed by atoms with Gasteiger partial charge in [0, 0.05) is 14.2 Å². The van der Waals surface area contributed by atoms with Crippen molar-refractivity contribution in [2.75, 3.05) is 27.3 Å². The average molecular weight is 230 g/mol. The molecule has 0 aliphatic carbocycles. The van der Waals surface area contributed by atoms with Gasteiger partial charge < -0.3 is 20.1 Å². The first-order valence-corrected chi connectivity index (χ1v) is 5.74. The van der Waals surface area contributed by atoms with E-state index in [2.05, 4.69) is 17.6 Å². The number of methoxy groups -OCH3 is 2. The van der Waals surface area contributed by atoms with Gasteiger partial charge in [-0.3, -0.25) is 4.79 Å². The van der Waals surface area contributed by atoms with E-state index in [-0.39, 0.29) is 18.2 Å². The summed E-state index contributed by atoms with van der Waals surface area (Å²) in [5.41, 5.74) is 0. The molecule has 2 atom stereocenters. The predicted molar refractivity (Wildman–Crippen MR) is 61.0 cm³/mol. The summed E-state index contributed by atoms with van der Waals surface area (Å²) in [5.74, 6) is 0.642. The zero-order valence-corrected chi connectivity index (χ0v) is 10.3. The standard InChI is InChI=1S/C11H22N2O3/c1-8-4-5-12-9(6-8)11(14)13-7-10(15-2)16-3/h8-10,12H,4-7H2,1-3H3,(H,13,14). The van der Waals surface area contributed by atoms with Crippen molar-refractivity contribution >= 4 is 5.91 Å². The van der Waals surface area contributed by atoms with Crippen LogP contribution in [0.3, 0.4) is 0 Å². The second kappa shape index (κ2) is 6.83. The van der Waals surface area contributed by atoms with Gasteiger partial charge in [0.1, 0.15) is 0 Å². The van der Waals surface area contributed by atoms with Gasteiger partial charge in [0.15, 0.2) is 6.29 Å². The molecule has 1 saturated heterocycles. The van der Waals surface area contributed by atoms with E-state index in [0.717, 1.165) is 19.4 Å². The Hall–Kier alpha value is -0.650. The fourth-order valence-electron chi connectivity index (χ4n) is 1.88. The topological polar surface area (TPSA) is 59.6 Å². The number of hydrogen-bond donors (Lipinski definition) is 2. The second-order valence-electron chi connectivity index (χ2n) is 4.28. The molecule has 5 nitrogen and oxygen atoms in total. The first kappa shape index (κ1) is 13.4. The van der Waals surface area contributed by atoms with E-state index in [0.29, 0.717) is 12.5 Å². The van der Waals surface area contributed by atoms with Crippen molar-refractivity contribution in [2.45, 2.75) is 32.1 Å². The van der Waals surface area contributed by atoms with Crippen LogP contribution in [0.5, 0.6) is 0 Å². The van der Waals surface area contributed by atoms with Crippen LogP contribution in [-0.4, -0.2) is 45.5 Å². The van der Waals surface area contributed by atoms with E-state index >= 15 is 0 Å². The summed E-state index contributed by atoms with van der Waals surface area (Å²) in [6.07, 6.45) is 1.67. The Kier molecular flexibility index (Phi) is 5.73. The van der Waals surface area contributed by atoms with Gasteiger partial charge in [-0.2, -0.15) is 0 Å². The molecule has 0 spiro atoms. The van der Waals surface area contributed by atoms with Crippen LogP contribution in [0.25, 0.3) is 0 Å². The highest BCUT2D eigenvalue weighted by atomic mass is 16.7. The van der Waals surface area contributed by atoms with Crippen molar-refractivity contribution in [3.05, 3.63) is 0 Å². The summed E-state index contributed by atoms with van der Waals surface area (Å²) in [5, 5.41) is 6.04. The van der Waals surface area contributed by atoms with Crippen LogP contribution < -0.4 is 10.6 Å². The number of amides is 1. The zero-order chi connectivity index (χ0) is 12.0. The van der Waals surface area contributed by atoms with Gasteiger partial charge in [-0.15, -0.1) is 0 Å². The molecule has 5 heteroatoms. The predicted octanol–water partition coefficient (Wildman–Crippen LogP) is 0.110. The SMILES string of the molecule is COC(CNC(=O)C1CC(C)CCN1)OC. The van der Waals surface area contributed by atoms with Crippen molar-refractivity contribution in [1.82, 2.24) is 10.6 Å². The zero-order valence-electron chi connectivity index (χ0n) is 10.3. The summed E-state index contributed by atoms with van der Waals surface area (Å²) in [4.78, 5) is 11.8. The number of nitrogens with one attached hydrogen (secondary N) is 2. The van der Waals surface area contributed by atoms with Crippen LogP contribution in [0.2, 0.25) is 0 Å². The van der Waals surface area contributed by atoms with Gasteiger partial charge in [0.2, 0.25) is 5.91 Å². The van der Waals surface area contributed by atoms with Gasteiger partial charge >= 0.3 is 0 Å². The lowest BCUT2D eigenvalue weighted by atomic mass is 9.94. The molecule has 16 heavy (non-hydrogen) atoms. The van der Waals surface area contributed by atoms with Gasteiger partial charge in [0.05, 0.1) is 12.6 Å². The summed E-state index contributed by atoms with van der Waals surface area (Å²) in [6, 6.07) is -0.0712. The van der Waals surface area contributed by atoms with Crippen molar-refractivity contribution in [1.29, 1.82) is 0 Å². The summed E-state index contributed by atoms with van der Waals surface area (Å²) < 4.78 is 10.0. The lowest BCUT2D eigenvalue weighted by molar-refractivity contribution is -0.130. The van der Waals surface area contributed by atoms with E-state index < -0.39 is 0 Å². The molecule has 94 valence electrons. The molecule has 1 fully saturated rings. The molecule has 2 unspecified atom stereocenters. The lowest BCUT2D eigenvalue weighted by Crippen LogP contribution is -2.50. The smallest absolute Gasteiger partial charge is 0.237 e. The van der Waals surface area contributed by atoms with Crippen molar-refractivity contribution < 1.29 is 14.3 Å². The first-order chi connectivity index (χ1) is 7.67. The fourth-order valence-corrected chi connectivity index (χ4v) is 1.88. The van der Waals surface area contributed by atoms with Crippen LogP contribution >= 0.6 is 0 Å². The number of carbonyl (C=O) groups excluding carboxylic acids is 1. The maximum atomic E-state index is 11.8. The van der Waals surface area contributed by atoms with E-state index in [4.69, 9.17) is 9.47 Å². The minimum atomic E-state index is -0.370. The molecule has 0 aromatic heterocycles. The van der Waals surface area contributed by atoms with E-state index in [9.17, 15) is 4.79 Å². The molecular weight excluding hydrogens is 208 g/mol. The van der Waals surface area contributed by atoms with Crippen molar-refractivity contribution in [3.8, 4) is 0 Å². The third kappa shape index (κ3) is 4.08. The van der Waals surface area contributed by atoms with Gasteiger partial charge in [0.25, 0.3) is 0 Å². The largest absolute Gasteiger partial charge is 0.354 e. The molecule has 1 amide bonds. The molecule has 0 radical (unpaired) electrons.